The van der Waals surface area contributed by atoms with Gasteiger partial charge in [0.2, 0.25) is 0 Å². The van der Waals surface area contributed by atoms with Crippen LogP contribution in [0.5, 0.6) is 5.75 Å². The lowest BCUT2D eigenvalue weighted by molar-refractivity contribution is 0.357. The number of hydrogen-bond acceptors (Lipinski definition) is 1. The second kappa shape index (κ2) is 3.30. The summed E-state index contributed by atoms with van der Waals surface area (Å²) in [5, 5.41) is 0. The third kappa shape index (κ3) is 1.92. The van der Waals surface area contributed by atoms with E-state index in [0.717, 1.165) is 25.2 Å². The number of fused-ring (bicyclic) bond motifs is 1. The molecule has 1 heteroatoms. The summed E-state index contributed by atoms with van der Waals surface area (Å²) in [4.78, 5) is 0. The lowest BCUT2D eigenvalue weighted by atomic mass is 9.86. The molecule has 0 saturated heterocycles. The molecule has 1 heterocycles. The molecule has 0 fully saturated rings. The number of benzene rings is 1. The van der Waals surface area contributed by atoms with E-state index in [1.807, 2.05) is 0 Å². The van der Waals surface area contributed by atoms with Gasteiger partial charge in [0.25, 0.3) is 0 Å². The highest BCUT2D eigenvalue weighted by Gasteiger charge is 2.19. The Bertz CT molecular complexity index is 334. The van der Waals surface area contributed by atoms with Crippen LogP contribution in [0.4, 0.5) is 0 Å². The van der Waals surface area contributed by atoms with Crippen LogP contribution in [-0.4, -0.2) is 6.61 Å². The predicted octanol–water partition coefficient (Wildman–Crippen LogP) is 3.21. The van der Waals surface area contributed by atoms with Crippen molar-refractivity contribution in [2.75, 3.05) is 6.61 Å². The van der Waals surface area contributed by atoms with Gasteiger partial charge in [0.05, 0.1) is 6.61 Å². The summed E-state index contributed by atoms with van der Waals surface area (Å²) in [6.07, 6.45) is 2.22. The Hall–Kier alpha value is -0.980. The first kappa shape index (κ1) is 9.57. The fourth-order valence-electron chi connectivity index (χ4n) is 2.03. The van der Waals surface area contributed by atoms with Crippen molar-refractivity contribution < 1.29 is 4.74 Å². The monoisotopic (exact) mass is 190 g/mol. The molecular formula is C13H18O. The zero-order valence-electron chi connectivity index (χ0n) is 9.26. The molecule has 0 aliphatic carbocycles. The topological polar surface area (TPSA) is 9.23 Å². The van der Waals surface area contributed by atoms with E-state index in [2.05, 4.69) is 39.0 Å². The van der Waals surface area contributed by atoms with Gasteiger partial charge >= 0.3 is 0 Å². The van der Waals surface area contributed by atoms with Gasteiger partial charge in [-0.25, -0.2) is 0 Å². The molecule has 0 aromatic heterocycles. The average Bonchev–Trinajstić information content (AvgIpc) is 2.49. The number of ether oxygens (including phenoxy) is 1. The van der Waals surface area contributed by atoms with Crippen LogP contribution in [0.15, 0.2) is 18.2 Å². The first-order valence-corrected chi connectivity index (χ1v) is 5.30. The van der Waals surface area contributed by atoms with Crippen LogP contribution in [0.25, 0.3) is 0 Å². The Morgan fingerprint density at radius 1 is 1.29 bits per heavy atom. The Kier molecular flexibility index (Phi) is 2.26. The van der Waals surface area contributed by atoms with Gasteiger partial charge in [-0.2, -0.15) is 0 Å². The van der Waals surface area contributed by atoms with E-state index >= 15 is 0 Å². The van der Waals surface area contributed by atoms with Crippen molar-refractivity contribution in [2.45, 2.75) is 33.6 Å². The van der Waals surface area contributed by atoms with Crippen molar-refractivity contribution >= 4 is 0 Å². The number of hydrogen-bond donors (Lipinski definition) is 0. The minimum Gasteiger partial charge on any atom is -0.493 e. The highest BCUT2D eigenvalue weighted by molar-refractivity contribution is 5.43. The summed E-state index contributed by atoms with van der Waals surface area (Å²) in [7, 11) is 0. The zero-order valence-corrected chi connectivity index (χ0v) is 9.26. The Labute approximate surface area is 86.1 Å². The lowest BCUT2D eigenvalue weighted by Crippen LogP contribution is -2.10. The van der Waals surface area contributed by atoms with Crippen molar-refractivity contribution in [3.63, 3.8) is 0 Å². The summed E-state index contributed by atoms with van der Waals surface area (Å²) in [6, 6.07) is 6.42. The highest BCUT2D eigenvalue weighted by Crippen LogP contribution is 2.31. The molecule has 1 aromatic carbocycles. The van der Waals surface area contributed by atoms with E-state index in [4.69, 9.17) is 4.74 Å². The van der Waals surface area contributed by atoms with Gasteiger partial charge in [0.1, 0.15) is 5.75 Å². The van der Waals surface area contributed by atoms with Gasteiger partial charge in [-0.3, -0.25) is 0 Å². The van der Waals surface area contributed by atoms with E-state index < -0.39 is 0 Å². The summed E-state index contributed by atoms with van der Waals surface area (Å²) >= 11 is 0. The van der Waals surface area contributed by atoms with Crippen LogP contribution in [0, 0.1) is 5.41 Å². The summed E-state index contributed by atoms with van der Waals surface area (Å²) < 4.78 is 5.55. The van der Waals surface area contributed by atoms with Gasteiger partial charge in [-0.15, -0.1) is 0 Å². The Morgan fingerprint density at radius 2 is 2.07 bits per heavy atom. The van der Waals surface area contributed by atoms with Crippen molar-refractivity contribution in [2.24, 2.45) is 5.41 Å². The second-order valence-electron chi connectivity index (χ2n) is 5.23. The number of rotatable bonds is 1. The predicted molar refractivity (Wildman–Crippen MR) is 58.8 cm³/mol. The fourth-order valence-corrected chi connectivity index (χ4v) is 2.03. The molecule has 0 saturated carbocycles. The minimum absolute atomic E-state index is 0.359. The maximum absolute atomic E-state index is 5.55. The third-order valence-electron chi connectivity index (χ3n) is 2.56. The van der Waals surface area contributed by atoms with Crippen LogP contribution >= 0.6 is 0 Å². The quantitative estimate of drug-likeness (QED) is 0.660. The molecule has 0 atom stereocenters. The van der Waals surface area contributed by atoms with Crippen molar-refractivity contribution in [1.29, 1.82) is 0 Å². The third-order valence-corrected chi connectivity index (χ3v) is 2.56. The maximum Gasteiger partial charge on any atom is 0.122 e. The molecule has 0 spiro atoms. The molecule has 1 nitrogen and oxygen atoms in total. The standard InChI is InChI=1S/C13H18O/c1-13(2,3)9-10-5-4-6-12-11(10)7-8-14-12/h4-6H,7-9H2,1-3H3. The average molecular weight is 190 g/mol. The smallest absolute Gasteiger partial charge is 0.122 e. The van der Waals surface area contributed by atoms with E-state index in [1.165, 1.54) is 11.1 Å². The lowest BCUT2D eigenvalue weighted by Gasteiger charge is -2.19. The van der Waals surface area contributed by atoms with E-state index in [9.17, 15) is 0 Å². The molecule has 0 unspecified atom stereocenters. The maximum atomic E-state index is 5.55. The molecule has 0 amide bonds. The second-order valence-corrected chi connectivity index (χ2v) is 5.23. The van der Waals surface area contributed by atoms with Gasteiger partial charge in [0.15, 0.2) is 0 Å². The first-order valence-electron chi connectivity index (χ1n) is 5.30. The van der Waals surface area contributed by atoms with Crippen LogP contribution in [-0.2, 0) is 12.8 Å². The van der Waals surface area contributed by atoms with Crippen molar-refractivity contribution in [3.05, 3.63) is 29.3 Å². The van der Waals surface area contributed by atoms with Gasteiger partial charge < -0.3 is 4.74 Å². The summed E-state index contributed by atoms with van der Waals surface area (Å²) in [6.45, 7) is 7.70. The largest absolute Gasteiger partial charge is 0.493 e. The molecule has 1 aliphatic rings. The zero-order chi connectivity index (χ0) is 10.2. The van der Waals surface area contributed by atoms with Crippen LogP contribution in [0.2, 0.25) is 0 Å². The molecule has 0 N–H and O–H groups in total. The Morgan fingerprint density at radius 3 is 2.79 bits per heavy atom. The van der Waals surface area contributed by atoms with E-state index in [-0.39, 0.29) is 0 Å². The molecule has 14 heavy (non-hydrogen) atoms. The fraction of sp³-hybridized carbons (Fsp3) is 0.538. The minimum atomic E-state index is 0.359. The summed E-state index contributed by atoms with van der Waals surface area (Å²) in [5.74, 6) is 1.10. The molecule has 0 radical (unpaired) electrons. The van der Waals surface area contributed by atoms with Gasteiger partial charge in [-0.1, -0.05) is 32.9 Å². The van der Waals surface area contributed by atoms with Crippen LogP contribution in [0.3, 0.4) is 0 Å². The van der Waals surface area contributed by atoms with E-state index in [0.29, 0.717) is 5.41 Å². The summed E-state index contributed by atoms with van der Waals surface area (Å²) in [5.41, 5.74) is 3.26. The van der Waals surface area contributed by atoms with Crippen LogP contribution in [0.1, 0.15) is 31.9 Å². The molecular weight excluding hydrogens is 172 g/mol. The Balaban J connectivity index is 2.31. The van der Waals surface area contributed by atoms with Crippen molar-refractivity contribution in [3.8, 4) is 5.75 Å². The normalized spacial score (nSPS) is 15.1. The molecule has 1 aliphatic heterocycles. The molecule has 76 valence electrons. The molecule has 0 bridgehead atoms. The molecule has 2 rings (SSSR count). The van der Waals surface area contributed by atoms with Gasteiger partial charge in [-0.05, 0) is 23.5 Å². The van der Waals surface area contributed by atoms with Gasteiger partial charge in [0, 0.05) is 12.0 Å². The van der Waals surface area contributed by atoms with Crippen LogP contribution < -0.4 is 4.74 Å². The van der Waals surface area contributed by atoms with Crippen molar-refractivity contribution in [1.82, 2.24) is 0 Å². The van der Waals surface area contributed by atoms with E-state index in [1.54, 1.807) is 0 Å². The SMILES string of the molecule is CC(C)(C)Cc1cccc2c1CCO2. The highest BCUT2D eigenvalue weighted by atomic mass is 16.5. The molecule has 1 aromatic rings. The first-order chi connectivity index (χ1) is 6.56.